The number of ether oxygens (including phenoxy) is 1. The molecule has 0 radical (unpaired) electrons. The minimum atomic E-state index is -3.50. The summed E-state index contributed by atoms with van der Waals surface area (Å²) in [6, 6.07) is 5.83. The first kappa shape index (κ1) is 19.7. The summed E-state index contributed by atoms with van der Waals surface area (Å²) in [4.78, 5) is 10.8. The van der Waals surface area contributed by atoms with Crippen molar-refractivity contribution in [3.05, 3.63) is 29.8 Å². The second kappa shape index (κ2) is 7.04. The number of hydrogen-bond acceptors (Lipinski definition) is 5. The molecule has 1 aromatic rings. The summed E-state index contributed by atoms with van der Waals surface area (Å²) < 4.78 is 29.6. The second-order valence-corrected chi connectivity index (χ2v) is 8.97. The third kappa shape index (κ3) is 7.64. The third-order valence-corrected chi connectivity index (χ3v) is 4.41. The van der Waals surface area contributed by atoms with Gasteiger partial charge in [-0.05, 0) is 65.8 Å². The molecule has 0 unspecified atom stereocenters. The highest BCUT2D eigenvalue weighted by Gasteiger charge is 2.36. The topological polar surface area (TPSA) is 82.1 Å². The maximum absolute atomic E-state index is 12.9. The van der Waals surface area contributed by atoms with Crippen molar-refractivity contribution >= 4 is 13.6 Å². The molecule has 0 saturated carbocycles. The summed E-state index contributed by atoms with van der Waals surface area (Å²) in [7, 11) is -3.50. The van der Waals surface area contributed by atoms with Crippen LogP contribution in [-0.2, 0) is 13.6 Å². The fourth-order valence-corrected chi connectivity index (χ4v) is 3.87. The van der Waals surface area contributed by atoms with Gasteiger partial charge >= 0.3 is 13.6 Å². The van der Waals surface area contributed by atoms with E-state index in [1.165, 1.54) is 24.3 Å². The van der Waals surface area contributed by atoms with Crippen LogP contribution in [0.25, 0.3) is 0 Å². The summed E-state index contributed by atoms with van der Waals surface area (Å²) in [6.07, 6.45) is -0.256. The quantitative estimate of drug-likeness (QED) is 0.763. The summed E-state index contributed by atoms with van der Waals surface area (Å²) in [6.45, 7) is 10.7. The molecular formula is C16H25O6P. The lowest BCUT2D eigenvalue weighted by atomic mass is 10.2. The molecule has 130 valence electrons. The van der Waals surface area contributed by atoms with Gasteiger partial charge in [0.05, 0.1) is 16.8 Å². The normalized spacial score (nSPS) is 13.0. The highest BCUT2D eigenvalue weighted by atomic mass is 31.2. The first-order valence-corrected chi connectivity index (χ1v) is 8.99. The molecule has 0 spiro atoms. The van der Waals surface area contributed by atoms with Gasteiger partial charge in [0.1, 0.15) is 5.75 Å². The molecule has 0 aromatic heterocycles. The Morgan fingerprint density at radius 3 is 1.78 bits per heavy atom. The standard InChI is InChI=1S/C16H25O6P/c1-15(2,3)21-23(19,22-16(4,5)6)11-20-13-9-7-12(8-10-13)14(17)18/h7-10H,11H2,1-6H3,(H,17,18). The highest BCUT2D eigenvalue weighted by molar-refractivity contribution is 7.53. The molecule has 0 amide bonds. The van der Waals surface area contributed by atoms with Gasteiger partial charge in [0.2, 0.25) is 0 Å². The van der Waals surface area contributed by atoms with E-state index in [1.54, 1.807) is 41.5 Å². The number of hydrogen-bond donors (Lipinski definition) is 1. The summed E-state index contributed by atoms with van der Waals surface area (Å²) >= 11 is 0. The van der Waals surface area contributed by atoms with Gasteiger partial charge in [0.15, 0.2) is 6.35 Å². The van der Waals surface area contributed by atoms with Gasteiger partial charge in [0.25, 0.3) is 0 Å². The Bertz CT molecular complexity index is 560. The average Bonchev–Trinajstić information content (AvgIpc) is 2.32. The van der Waals surface area contributed by atoms with Crippen LogP contribution >= 0.6 is 7.60 Å². The maximum Gasteiger partial charge on any atom is 0.368 e. The van der Waals surface area contributed by atoms with Crippen LogP contribution in [0.2, 0.25) is 0 Å². The zero-order valence-electron chi connectivity index (χ0n) is 14.5. The largest absolute Gasteiger partial charge is 0.481 e. The Hall–Kier alpha value is -1.36. The molecule has 1 aromatic carbocycles. The summed E-state index contributed by atoms with van der Waals surface area (Å²) in [5.41, 5.74) is -1.16. The van der Waals surface area contributed by atoms with E-state index in [1.807, 2.05) is 0 Å². The van der Waals surface area contributed by atoms with E-state index < -0.39 is 24.8 Å². The minimum Gasteiger partial charge on any atom is -0.481 e. The molecule has 0 aliphatic rings. The fourth-order valence-electron chi connectivity index (χ4n) is 1.75. The molecule has 1 rings (SSSR count). The van der Waals surface area contributed by atoms with Crippen molar-refractivity contribution in [1.29, 1.82) is 0 Å². The van der Waals surface area contributed by atoms with Crippen LogP contribution in [0, 0.1) is 0 Å². The number of benzene rings is 1. The molecule has 0 bridgehead atoms. The Morgan fingerprint density at radius 1 is 1.00 bits per heavy atom. The van der Waals surface area contributed by atoms with Crippen molar-refractivity contribution in [3.8, 4) is 5.75 Å². The molecule has 0 aliphatic carbocycles. The molecule has 0 saturated heterocycles. The van der Waals surface area contributed by atoms with Crippen molar-refractivity contribution in [2.45, 2.75) is 52.7 Å². The predicted octanol–water partition coefficient (Wildman–Crippen LogP) is 4.54. The second-order valence-electron chi connectivity index (χ2n) is 7.12. The number of carboxylic acids is 1. The van der Waals surface area contributed by atoms with Gasteiger partial charge in [-0.3, -0.25) is 4.57 Å². The van der Waals surface area contributed by atoms with Crippen LogP contribution < -0.4 is 4.74 Å². The van der Waals surface area contributed by atoms with Gasteiger partial charge in [0, 0.05) is 0 Å². The first-order chi connectivity index (χ1) is 10.3. The van der Waals surface area contributed by atoms with Crippen molar-refractivity contribution in [3.63, 3.8) is 0 Å². The number of carboxylic acid groups (broad SMARTS) is 1. The van der Waals surface area contributed by atoms with E-state index >= 15 is 0 Å². The van der Waals surface area contributed by atoms with Crippen LogP contribution in [0.15, 0.2) is 24.3 Å². The van der Waals surface area contributed by atoms with Crippen LogP contribution in [0.1, 0.15) is 51.9 Å². The zero-order chi connectivity index (χ0) is 17.9. The van der Waals surface area contributed by atoms with E-state index in [4.69, 9.17) is 18.9 Å². The van der Waals surface area contributed by atoms with E-state index in [-0.39, 0.29) is 11.9 Å². The smallest absolute Gasteiger partial charge is 0.368 e. The monoisotopic (exact) mass is 344 g/mol. The lowest BCUT2D eigenvalue weighted by Gasteiger charge is -2.31. The summed E-state index contributed by atoms with van der Waals surface area (Å²) in [5, 5.41) is 8.86. The van der Waals surface area contributed by atoms with Gasteiger partial charge in [-0.2, -0.15) is 0 Å². The van der Waals surface area contributed by atoms with Crippen molar-refractivity contribution in [2.75, 3.05) is 6.35 Å². The third-order valence-electron chi connectivity index (χ3n) is 2.32. The van der Waals surface area contributed by atoms with Crippen LogP contribution in [-0.4, -0.2) is 28.6 Å². The van der Waals surface area contributed by atoms with Crippen LogP contribution in [0.4, 0.5) is 0 Å². The van der Waals surface area contributed by atoms with Crippen LogP contribution in [0.5, 0.6) is 5.75 Å². The Labute approximate surface area is 137 Å². The number of aromatic carboxylic acids is 1. The van der Waals surface area contributed by atoms with E-state index in [9.17, 15) is 9.36 Å². The molecule has 23 heavy (non-hydrogen) atoms. The zero-order valence-corrected chi connectivity index (χ0v) is 15.3. The lowest BCUT2D eigenvalue weighted by molar-refractivity contribution is 0.0419. The Morgan fingerprint density at radius 2 is 1.43 bits per heavy atom. The van der Waals surface area contributed by atoms with Gasteiger partial charge in [-0.25, -0.2) is 4.79 Å². The Kier molecular flexibility index (Phi) is 6.02. The molecule has 0 aliphatic heterocycles. The van der Waals surface area contributed by atoms with Crippen molar-refractivity contribution in [1.82, 2.24) is 0 Å². The Balaban J connectivity index is 2.85. The predicted molar refractivity (Wildman–Crippen MR) is 88.2 cm³/mol. The van der Waals surface area contributed by atoms with Gasteiger partial charge in [-0.1, -0.05) is 0 Å². The lowest BCUT2D eigenvalue weighted by Crippen LogP contribution is -2.25. The molecular weight excluding hydrogens is 319 g/mol. The first-order valence-electron chi connectivity index (χ1n) is 7.26. The number of rotatable bonds is 6. The van der Waals surface area contributed by atoms with E-state index in [2.05, 4.69) is 0 Å². The number of carbonyl (C=O) groups is 1. The molecule has 6 nitrogen and oxygen atoms in total. The van der Waals surface area contributed by atoms with E-state index in [0.717, 1.165) is 0 Å². The van der Waals surface area contributed by atoms with Crippen molar-refractivity contribution < 1.29 is 28.3 Å². The van der Waals surface area contributed by atoms with E-state index in [0.29, 0.717) is 5.75 Å². The van der Waals surface area contributed by atoms with Crippen molar-refractivity contribution in [2.24, 2.45) is 0 Å². The fraction of sp³-hybridized carbons (Fsp3) is 0.562. The highest BCUT2D eigenvalue weighted by Crippen LogP contribution is 2.54. The average molecular weight is 344 g/mol. The summed E-state index contributed by atoms with van der Waals surface area (Å²) in [5.74, 6) is -0.625. The molecule has 0 heterocycles. The minimum absolute atomic E-state index is 0.150. The van der Waals surface area contributed by atoms with Crippen LogP contribution in [0.3, 0.4) is 0 Å². The van der Waals surface area contributed by atoms with Gasteiger partial charge in [-0.15, -0.1) is 0 Å². The maximum atomic E-state index is 12.9. The molecule has 0 fully saturated rings. The molecule has 1 N–H and O–H groups in total. The van der Waals surface area contributed by atoms with Gasteiger partial charge < -0.3 is 18.9 Å². The molecule has 0 atom stereocenters. The SMILES string of the molecule is CC(C)(C)OP(=O)(COc1ccc(C(=O)O)cc1)OC(C)(C)C. The molecule has 7 heteroatoms.